The van der Waals surface area contributed by atoms with E-state index in [4.69, 9.17) is 4.98 Å². The van der Waals surface area contributed by atoms with Crippen LogP contribution in [0.5, 0.6) is 0 Å². The van der Waals surface area contributed by atoms with Gasteiger partial charge in [-0.25, -0.2) is 0 Å². The Balaban J connectivity index is 0.000000224. The summed E-state index contributed by atoms with van der Waals surface area (Å²) < 4.78 is 0. The molecule has 35 heavy (non-hydrogen) atoms. The largest absolute Gasteiger partial charge is 2.00 e. The normalized spacial score (nSPS) is 14.7. The van der Waals surface area contributed by atoms with Gasteiger partial charge in [-0.2, -0.15) is 0 Å². The molecule has 6 rings (SSSR count). The van der Waals surface area contributed by atoms with Crippen LogP contribution in [0.15, 0.2) is 42.7 Å². The summed E-state index contributed by atoms with van der Waals surface area (Å²) in [4.78, 5) is 8.83. The van der Waals surface area contributed by atoms with E-state index in [2.05, 4.69) is 58.3 Å². The molecule has 0 fully saturated rings. The fourth-order valence-corrected chi connectivity index (χ4v) is 4.81. The van der Waals surface area contributed by atoms with Crippen molar-refractivity contribution in [2.24, 2.45) is 0 Å². The van der Waals surface area contributed by atoms with Crippen LogP contribution in [0.25, 0.3) is 22.8 Å². The van der Waals surface area contributed by atoms with Crippen molar-refractivity contribution >= 4 is 0 Å². The minimum Gasteiger partial charge on any atom is -0.573 e. The van der Waals surface area contributed by atoms with Gasteiger partial charge in [0, 0.05) is 23.8 Å². The van der Waals surface area contributed by atoms with Gasteiger partial charge in [0.15, 0.2) is 0 Å². The maximum Gasteiger partial charge on any atom is 2.00 e. The number of rotatable bonds is 2. The van der Waals surface area contributed by atoms with Crippen LogP contribution in [0.3, 0.4) is 0 Å². The van der Waals surface area contributed by atoms with E-state index in [1.165, 1.54) is 42.4 Å². The zero-order valence-corrected chi connectivity index (χ0v) is 23.0. The summed E-state index contributed by atoms with van der Waals surface area (Å²) in [6, 6.07) is 10.2. The van der Waals surface area contributed by atoms with E-state index < -0.39 is 0 Å². The molecule has 6 nitrogen and oxygen atoms in total. The van der Waals surface area contributed by atoms with E-state index in [9.17, 15) is 0 Å². The van der Waals surface area contributed by atoms with Crippen molar-refractivity contribution < 1.29 is 21.1 Å². The molecule has 0 saturated heterocycles. The van der Waals surface area contributed by atoms with E-state index in [0.29, 0.717) is 0 Å². The fourth-order valence-electron chi connectivity index (χ4n) is 4.81. The molecule has 0 aromatic carbocycles. The third kappa shape index (κ3) is 5.64. The Bertz CT molecular complexity index is 1180. The number of hydrogen-bond acceptors (Lipinski definition) is 4. The summed E-state index contributed by atoms with van der Waals surface area (Å²) in [6.45, 7) is 6.59. The van der Waals surface area contributed by atoms with E-state index in [-0.39, 0.29) is 26.5 Å². The molecular weight excluding hydrogens is 615 g/mol. The molecule has 0 N–H and O–H groups in total. The van der Waals surface area contributed by atoms with Crippen molar-refractivity contribution in [3.8, 4) is 22.8 Å². The molecule has 7 heteroatoms. The zero-order valence-electron chi connectivity index (χ0n) is 20.7. The molecule has 0 bridgehead atoms. The van der Waals surface area contributed by atoms with Crippen LogP contribution in [0.1, 0.15) is 74.5 Å². The molecule has 0 atom stereocenters. The number of aryl methyl sites for hydroxylation is 2. The van der Waals surface area contributed by atoms with Gasteiger partial charge < -0.3 is 20.4 Å². The maximum atomic E-state index is 4.87. The first-order valence-electron chi connectivity index (χ1n) is 12.4. The minimum atomic E-state index is 0. The number of aromatic nitrogens is 6. The predicted molar refractivity (Wildman–Crippen MR) is 134 cm³/mol. The van der Waals surface area contributed by atoms with Crippen molar-refractivity contribution in [1.29, 1.82) is 0 Å². The topological polar surface area (TPSA) is 79.8 Å². The molecule has 2 aliphatic rings. The Labute approximate surface area is 222 Å². The summed E-state index contributed by atoms with van der Waals surface area (Å²) in [6.07, 6.45) is 12.8. The van der Waals surface area contributed by atoms with Crippen LogP contribution in [0.2, 0.25) is 0 Å². The molecule has 0 unspecified atom stereocenters. The molecule has 0 aliphatic heterocycles. The first-order chi connectivity index (χ1) is 16.5. The molecule has 4 aromatic heterocycles. The molecule has 0 amide bonds. The Morgan fingerprint density at radius 3 is 1.63 bits per heavy atom. The molecule has 0 radical (unpaired) electrons. The van der Waals surface area contributed by atoms with Crippen LogP contribution < -0.4 is 10.2 Å². The first kappa shape index (κ1) is 25.5. The minimum absolute atomic E-state index is 0. The summed E-state index contributed by atoms with van der Waals surface area (Å²) >= 11 is 0. The van der Waals surface area contributed by atoms with Crippen LogP contribution in [-0.2, 0) is 52.2 Å². The second-order valence-electron chi connectivity index (χ2n) is 10.3. The standard InChI is InChI=1S/C19H19N5.C9H13N.Pt/c1-3-8-14-12(6-1)18(23-21-14)16-10-5-11-17(20-16)19-13-7-2-4-9-15(13)22-24-19;1-9(2,3)8-4-6-10-7-5-8;/h5,10-11H,1-4,6-9H2;4-7H,1-3H3;/q-2;;+2. The van der Waals surface area contributed by atoms with Gasteiger partial charge in [-0.1, -0.05) is 38.2 Å². The van der Waals surface area contributed by atoms with Crippen molar-refractivity contribution in [3.63, 3.8) is 0 Å². The monoisotopic (exact) mass is 647 g/mol. The third-order valence-electron chi connectivity index (χ3n) is 6.77. The Hall–Kier alpha value is -2.59. The van der Waals surface area contributed by atoms with Gasteiger partial charge in [0.25, 0.3) is 0 Å². The van der Waals surface area contributed by atoms with Gasteiger partial charge >= 0.3 is 21.1 Å². The van der Waals surface area contributed by atoms with Crippen molar-refractivity contribution in [2.75, 3.05) is 0 Å². The molecule has 0 spiro atoms. The van der Waals surface area contributed by atoms with Gasteiger partial charge in [-0.05, 0) is 97.7 Å². The van der Waals surface area contributed by atoms with Crippen molar-refractivity contribution in [2.45, 2.75) is 77.6 Å². The predicted octanol–water partition coefficient (Wildman–Crippen LogP) is 5.25. The van der Waals surface area contributed by atoms with E-state index >= 15 is 0 Å². The fraction of sp³-hybridized carbons (Fsp3) is 0.429. The Morgan fingerprint density at radius 1 is 0.686 bits per heavy atom. The molecular formula is C28H32N6Pt. The quantitative estimate of drug-likeness (QED) is 0.296. The number of hydrogen-bond donors (Lipinski definition) is 0. The number of fused-ring (bicyclic) bond motifs is 2. The van der Waals surface area contributed by atoms with E-state index in [0.717, 1.165) is 59.8 Å². The van der Waals surface area contributed by atoms with Gasteiger partial charge in [0.05, 0.1) is 11.4 Å². The molecule has 4 heterocycles. The average Bonchev–Trinajstić information content (AvgIpc) is 3.49. The van der Waals surface area contributed by atoms with Gasteiger partial charge in [0.2, 0.25) is 0 Å². The van der Waals surface area contributed by atoms with Crippen LogP contribution >= 0.6 is 0 Å². The summed E-state index contributed by atoms with van der Waals surface area (Å²) in [5.41, 5.74) is 10.2. The van der Waals surface area contributed by atoms with Gasteiger partial charge in [-0.3, -0.25) is 9.97 Å². The van der Waals surface area contributed by atoms with E-state index in [1.807, 2.05) is 30.6 Å². The molecule has 184 valence electrons. The Morgan fingerprint density at radius 2 is 1.17 bits per heavy atom. The van der Waals surface area contributed by atoms with Crippen LogP contribution in [-0.4, -0.2) is 20.2 Å². The molecule has 2 aliphatic carbocycles. The average molecular weight is 648 g/mol. The number of nitrogens with zero attached hydrogens (tertiary/aromatic N) is 6. The SMILES string of the molecule is CC(C)(C)c1ccncc1.[Pt+2].c1cc(-c2[n-]nc3c2CCCC3)nc(-c2[n-]nc3c2CCCC3)c1. The second-order valence-corrected chi connectivity index (χ2v) is 10.3. The Kier molecular flexibility index (Phi) is 8.01. The van der Waals surface area contributed by atoms with E-state index in [1.54, 1.807) is 0 Å². The van der Waals surface area contributed by atoms with Crippen molar-refractivity contribution in [3.05, 3.63) is 70.8 Å². The van der Waals surface area contributed by atoms with Gasteiger partial charge in [0.1, 0.15) is 0 Å². The zero-order chi connectivity index (χ0) is 23.5. The number of pyridine rings is 2. The molecule has 4 aromatic rings. The third-order valence-corrected chi connectivity index (χ3v) is 6.77. The van der Waals surface area contributed by atoms with Crippen LogP contribution in [0.4, 0.5) is 0 Å². The summed E-state index contributed by atoms with van der Waals surface area (Å²) in [7, 11) is 0. The smallest absolute Gasteiger partial charge is 0.573 e. The van der Waals surface area contributed by atoms with Crippen molar-refractivity contribution in [1.82, 2.24) is 30.4 Å². The second kappa shape index (κ2) is 11.0. The summed E-state index contributed by atoms with van der Waals surface area (Å²) in [5, 5.41) is 17.6. The van der Waals surface area contributed by atoms with Crippen LogP contribution in [0, 0.1) is 0 Å². The molecule has 0 saturated carbocycles. The summed E-state index contributed by atoms with van der Waals surface area (Å²) in [5.74, 6) is 0. The first-order valence-corrected chi connectivity index (χ1v) is 12.4. The van der Waals surface area contributed by atoms with Gasteiger partial charge in [-0.15, -0.1) is 0 Å². The maximum absolute atomic E-state index is 4.87.